The third kappa shape index (κ3) is 7.39. The number of benzene rings is 3. The lowest BCUT2D eigenvalue weighted by atomic mass is 10.1. The van der Waals surface area contributed by atoms with E-state index in [0.29, 0.717) is 27.6 Å². The van der Waals surface area contributed by atoms with E-state index in [1.54, 1.807) is 48.5 Å². The monoisotopic (exact) mass is 450 g/mol. The zero-order valence-corrected chi connectivity index (χ0v) is 19.0. The van der Waals surface area contributed by atoms with Gasteiger partial charge in [-0.25, -0.2) is 0 Å². The molecule has 0 fully saturated rings. The molecule has 0 saturated carbocycles. The summed E-state index contributed by atoms with van der Waals surface area (Å²) in [5, 5.41) is 34.9. The summed E-state index contributed by atoms with van der Waals surface area (Å²) < 4.78 is 0. The zero-order valence-electron chi connectivity index (χ0n) is 19.0. The average Bonchev–Trinajstić information content (AvgIpc) is 2.83. The maximum atomic E-state index is 12.2. The van der Waals surface area contributed by atoms with Crippen molar-refractivity contribution >= 4 is 11.4 Å². The van der Waals surface area contributed by atoms with E-state index in [9.17, 15) is 15.5 Å². The first-order valence-electron chi connectivity index (χ1n) is 11.2. The Morgan fingerprint density at radius 3 is 2.00 bits per heavy atom. The Bertz CT molecular complexity index is 961. The van der Waals surface area contributed by atoms with Crippen LogP contribution in [-0.4, -0.2) is 11.3 Å². The van der Waals surface area contributed by atoms with Crippen molar-refractivity contribution in [3.63, 3.8) is 0 Å². The third-order valence-electron chi connectivity index (χ3n) is 5.26. The van der Waals surface area contributed by atoms with E-state index < -0.39 is 0 Å². The van der Waals surface area contributed by atoms with Gasteiger partial charge in [-0.1, -0.05) is 74.2 Å². The Kier molecular flexibility index (Phi) is 8.95. The van der Waals surface area contributed by atoms with Gasteiger partial charge < -0.3 is 20.4 Å². The minimum atomic E-state index is -0.163. The highest BCUT2D eigenvalue weighted by molar-refractivity contribution is 5.66. The molecular formula is C26H30N2O5-2. The van der Waals surface area contributed by atoms with Gasteiger partial charge in [0.05, 0.1) is 11.8 Å². The molecular weight excluding hydrogens is 420 g/mol. The van der Waals surface area contributed by atoms with Gasteiger partial charge in [0.1, 0.15) is 5.69 Å². The van der Waals surface area contributed by atoms with Crippen LogP contribution in [0.1, 0.15) is 46.0 Å². The summed E-state index contributed by atoms with van der Waals surface area (Å²) in [6.07, 6.45) is 5.22. The molecule has 0 aliphatic carbocycles. The molecule has 1 unspecified atom stereocenters. The van der Waals surface area contributed by atoms with Crippen LogP contribution in [0.15, 0.2) is 72.8 Å². The van der Waals surface area contributed by atoms with Crippen LogP contribution in [0, 0.1) is 5.21 Å². The Morgan fingerprint density at radius 1 is 0.818 bits per heavy atom. The van der Waals surface area contributed by atoms with Crippen molar-refractivity contribution in [2.24, 2.45) is 0 Å². The smallest absolute Gasteiger partial charge is 0.158 e. The van der Waals surface area contributed by atoms with Gasteiger partial charge in [-0.3, -0.25) is 10.0 Å². The maximum Gasteiger partial charge on any atom is 0.158 e. The summed E-state index contributed by atoms with van der Waals surface area (Å²) in [5.74, 6) is 0.317. The summed E-state index contributed by atoms with van der Waals surface area (Å²) in [6.45, 7) is 4.05. The van der Waals surface area contributed by atoms with Crippen LogP contribution in [0.3, 0.4) is 0 Å². The summed E-state index contributed by atoms with van der Waals surface area (Å²) in [6, 6.07) is 19.9. The number of nitrogens with zero attached hydrogens (tertiary/aromatic N) is 2. The van der Waals surface area contributed by atoms with Crippen LogP contribution in [-0.2, 0) is 4.84 Å². The molecule has 0 amide bonds. The van der Waals surface area contributed by atoms with Gasteiger partial charge in [-0.15, -0.1) is 5.75 Å². The number of anilines is 2. The Morgan fingerprint density at radius 2 is 1.39 bits per heavy atom. The largest absolute Gasteiger partial charge is 0.872 e. The molecule has 3 aromatic carbocycles. The van der Waals surface area contributed by atoms with Crippen LogP contribution in [0.5, 0.6) is 11.5 Å². The topological polar surface area (TPSA) is 91.3 Å². The molecule has 7 nitrogen and oxygen atoms in total. The molecule has 0 aliphatic rings. The van der Waals surface area contributed by atoms with E-state index in [2.05, 4.69) is 6.92 Å². The van der Waals surface area contributed by atoms with E-state index in [1.165, 1.54) is 25.0 Å². The van der Waals surface area contributed by atoms with Gasteiger partial charge in [0, 0.05) is 0 Å². The van der Waals surface area contributed by atoms with Gasteiger partial charge >= 0.3 is 0 Å². The Labute approximate surface area is 194 Å². The van der Waals surface area contributed by atoms with Crippen molar-refractivity contribution in [3.8, 4) is 22.6 Å². The molecule has 0 bridgehead atoms. The number of rotatable bonds is 12. The third-order valence-corrected chi connectivity index (χ3v) is 5.26. The Balaban J connectivity index is 1.52. The predicted octanol–water partition coefficient (Wildman–Crippen LogP) is 6.21. The highest BCUT2D eigenvalue weighted by Crippen LogP contribution is 2.26. The highest BCUT2D eigenvalue weighted by atomic mass is 16.9. The number of unbranched alkanes of at least 4 members (excludes halogenated alkanes) is 3. The summed E-state index contributed by atoms with van der Waals surface area (Å²) in [7, 11) is 0. The molecule has 1 atom stereocenters. The summed E-state index contributed by atoms with van der Waals surface area (Å²) in [4.78, 5) is 10.9. The molecule has 3 rings (SSSR count). The fourth-order valence-electron chi connectivity index (χ4n) is 3.35. The standard InChI is InChI=1S/C26H31N2O5/c1-3-4-5-6-7-20(2)32-27(30)24-14-18-26(19-15-24)33-28(31)23-12-8-21(9-13-23)22-10-16-25(29)17-11-22/h8-20,29,31H,3-7H2,1-2H3/q-1/p-1. The van der Waals surface area contributed by atoms with Crippen LogP contribution in [0.4, 0.5) is 11.4 Å². The fraction of sp³-hybridized carbons (Fsp3) is 0.308. The minimum absolute atomic E-state index is 0.0418. The molecule has 0 spiro atoms. The van der Waals surface area contributed by atoms with Crippen molar-refractivity contribution in [2.45, 2.75) is 52.1 Å². The lowest BCUT2D eigenvalue weighted by Crippen LogP contribution is -2.23. The number of hydrogen-bond donors (Lipinski definition) is 1. The predicted molar refractivity (Wildman–Crippen MR) is 128 cm³/mol. The van der Waals surface area contributed by atoms with E-state index in [0.717, 1.165) is 30.4 Å². The van der Waals surface area contributed by atoms with Gasteiger partial charge in [-0.05, 0) is 60.9 Å². The molecule has 176 valence electrons. The molecule has 3 aromatic rings. The van der Waals surface area contributed by atoms with Gasteiger partial charge in [-0.2, -0.15) is 0 Å². The van der Waals surface area contributed by atoms with Crippen LogP contribution >= 0.6 is 0 Å². The van der Waals surface area contributed by atoms with E-state index in [-0.39, 0.29) is 11.9 Å². The quantitative estimate of drug-likeness (QED) is 0.259. The van der Waals surface area contributed by atoms with Crippen molar-refractivity contribution in [1.29, 1.82) is 0 Å². The lowest BCUT2D eigenvalue weighted by Gasteiger charge is -2.32. The molecule has 33 heavy (non-hydrogen) atoms. The normalized spacial score (nSPS) is 11.8. The van der Waals surface area contributed by atoms with Crippen molar-refractivity contribution in [2.75, 3.05) is 10.5 Å². The molecule has 0 heterocycles. The second kappa shape index (κ2) is 12.1. The highest BCUT2D eigenvalue weighted by Gasteiger charge is 2.09. The molecule has 0 aliphatic heterocycles. The van der Waals surface area contributed by atoms with Crippen molar-refractivity contribution in [3.05, 3.63) is 78.0 Å². The van der Waals surface area contributed by atoms with Crippen LogP contribution < -0.4 is 20.4 Å². The first kappa shape index (κ1) is 24.4. The van der Waals surface area contributed by atoms with E-state index >= 15 is 0 Å². The van der Waals surface area contributed by atoms with Gasteiger partial charge in [0.2, 0.25) is 0 Å². The van der Waals surface area contributed by atoms with E-state index in [4.69, 9.17) is 9.68 Å². The first-order valence-corrected chi connectivity index (χ1v) is 11.2. The fourth-order valence-corrected chi connectivity index (χ4v) is 3.35. The molecule has 1 N–H and O–H groups in total. The average molecular weight is 451 g/mol. The van der Waals surface area contributed by atoms with Gasteiger partial charge in [0.25, 0.3) is 0 Å². The molecule has 0 saturated heterocycles. The summed E-state index contributed by atoms with van der Waals surface area (Å²) >= 11 is 0. The van der Waals surface area contributed by atoms with Gasteiger partial charge in [0.15, 0.2) is 5.75 Å². The zero-order chi connectivity index (χ0) is 23.6. The van der Waals surface area contributed by atoms with Crippen LogP contribution in [0.2, 0.25) is 0 Å². The molecule has 0 radical (unpaired) electrons. The lowest BCUT2D eigenvalue weighted by molar-refractivity contribution is -0.268. The van der Waals surface area contributed by atoms with Crippen molar-refractivity contribution < 1.29 is 20.0 Å². The number of hydrogen-bond acceptors (Lipinski definition) is 7. The molecule has 7 heteroatoms. The molecule has 0 aromatic heterocycles. The van der Waals surface area contributed by atoms with Crippen molar-refractivity contribution in [1.82, 2.24) is 0 Å². The first-order chi connectivity index (χ1) is 16.0. The second-order valence-corrected chi connectivity index (χ2v) is 7.95. The van der Waals surface area contributed by atoms with Crippen LogP contribution in [0.25, 0.3) is 11.1 Å². The maximum absolute atomic E-state index is 12.2. The SMILES string of the molecule is CCCCCCC(C)ON([O-])c1ccc(ON(O)c2ccc(-c3ccc([O-])cc3)cc2)cc1. The second-order valence-electron chi connectivity index (χ2n) is 7.95. The minimum Gasteiger partial charge on any atom is -0.872 e. The Hall–Kier alpha value is -3.26. The summed E-state index contributed by atoms with van der Waals surface area (Å²) in [5.41, 5.74) is 2.59. The van der Waals surface area contributed by atoms with E-state index in [1.807, 2.05) is 19.1 Å².